The zero-order chi connectivity index (χ0) is 21.5. The molecule has 3 rings (SSSR count). The summed E-state index contributed by atoms with van der Waals surface area (Å²) in [5.74, 6) is -2.39. The molecule has 0 aromatic heterocycles. The third kappa shape index (κ3) is 4.91. The molecule has 0 saturated heterocycles. The van der Waals surface area contributed by atoms with E-state index in [0.717, 1.165) is 0 Å². The number of esters is 1. The van der Waals surface area contributed by atoms with E-state index in [-0.39, 0.29) is 17.3 Å². The lowest BCUT2D eigenvalue weighted by Crippen LogP contribution is -2.33. The molecule has 1 heterocycles. The van der Waals surface area contributed by atoms with Crippen LogP contribution in [0.3, 0.4) is 0 Å². The van der Waals surface area contributed by atoms with Gasteiger partial charge in [0.25, 0.3) is 0 Å². The standard InChI is InChI=1S/C22H20O8/c23-11-16(24)19-20(28-12-17(25)14-7-3-1-4-8-14)21(22(27)30-19)29-13-18(26)15-9-5-2-6-10-15/h1-10,16,19,23-24H,11-13H2. The van der Waals surface area contributed by atoms with Gasteiger partial charge in [-0.15, -0.1) is 0 Å². The Labute approximate surface area is 172 Å². The van der Waals surface area contributed by atoms with Gasteiger partial charge in [-0.3, -0.25) is 9.59 Å². The van der Waals surface area contributed by atoms with Crippen molar-refractivity contribution in [3.63, 3.8) is 0 Å². The Morgan fingerprint density at radius 2 is 1.40 bits per heavy atom. The van der Waals surface area contributed by atoms with Crippen molar-refractivity contribution >= 4 is 17.5 Å². The molecule has 2 aromatic carbocycles. The monoisotopic (exact) mass is 412 g/mol. The summed E-state index contributed by atoms with van der Waals surface area (Å²) < 4.78 is 15.8. The fourth-order valence-corrected chi connectivity index (χ4v) is 2.77. The summed E-state index contributed by atoms with van der Waals surface area (Å²) in [6, 6.07) is 16.7. The van der Waals surface area contributed by atoms with Crippen LogP contribution in [0.1, 0.15) is 20.7 Å². The maximum absolute atomic E-state index is 12.3. The lowest BCUT2D eigenvalue weighted by molar-refractivity contribution is -0.148. The molecule has 2 N–H and O–H groups in total. The number of ether oxygens (including phenoxy) is 3. The highest BCUT2D eigenvalue weighted by molar-refractivity contribution is 5.98. The first-order valence-electron chi connectivity index (χ1n) is 9.17. The van der Waals surface area contributed by atoms with E-state index in [0.29, 0.717) is 11.1 Å². The topological polar surface area (TPSA) is 119 Å². The van der Waals surface area contributed by atoms with Crippen molar-refractivity contribution in [3.8, 4) is 0 Å². The highest BCUT2D eigenvalue weighted by atomic mass is 16.6. The lowest BCUT2D eigenvalue weighted by Gasteiger charge is -2.18. The van der Waals surface area contributed by atoms with E-state index >= 15 is 0 Å². The SMILES string of the molecule is O=C1OC(C(O)CO)C(OCC(=O)c2ccccc2)=C1OCC(=O)c1ccccc1. The molecule has 30 heavy (non-hydrogen) atoms. The minimum atomic E-state index is -1.48. The van der Waals surface area contributed by atoms with Crippen LogP contribution >= 0.6 is 0 Å². The summed E-state index contributed by atoms with van der Waals surface area (Å²) in [4.78, 5) is 36.8. The zero-order valence-electron chi connectivity index (χ0n) is 15.9. The van der Waals surface area contributed by atoms with Crippen LogP contribution in [0.15, 0.2) is 72.2 Å². The number of carbonyl (C=O) groups excluding carboxylic acids is 3. The van der Waals surface area contributed by atoms with E-state index in [4.69, 9.17) is 14.2 Å². The third-order valence-corrected chi connectivity index (χ3v) is 4.34. The van der Waals surface area contributed by atoms with Crippen LogP contribution in [0.25, 0.3) is 0 Å². The second-order valence-corrected chi connectivity index (χ2v) is 6.42. The summed E-state index contributed by atoms with van der Waals surface area (Å²) >= 11 is 0. The van der Waals surface area contributed by atoms with Crippen LogP contribution in [0.5, 0.6) is 0 Å². The Bertz CT molecular complexity index is 936. The van der Waals surface area contributed by atoms with Gasteiger partial charge in [0.1, 0.15) is 6.10 Å². The van der Waals surface area contributed by atoms with Gasteiger partial charge >= 0.3 is 5.97 Å². The summed E-state index contributed by atoms with van der Waals surface area (Å²) in [6.07, 6.45) is -2.84. The molecule has 0 amide bonds. The van der Waals surface area contributed by atoms with Gasteiger partial charge in [-0.25, -0.2) is 4.79 Å². The van der Waals surface area contributed by atoms with Crippen molar-refractivity contribution in [2.45, 2.75) is 12.2 Å². The largest absolute Gasteiger partial charge is 0.482 e. The summed E-state index contributed by atoms with van der Waals surface area (Å²) in [6.45, 7) is -1.65. The van der Waals surface area contributed by atoms with Crippen molar-refractivity contribution in [1.82, 2.24) is 0 Å². The first-order valence-corrected chi connectivity index (χ1v) is 9.17. The van der Waals surface area contributed by atoms with Gasteiger partial charge in [-0.05, 0) is 0 Å². The maximum atomic E-state index is 12.3. The normalized spacial score (nSPS) is 16.7. The highest BCUT2D eigenvalue weighted by Crippen LogP contribution is 2.27. The van der Waals surface area contributed by atoms with Gasteiger partial charge < -0.3 is 24.4 Å². The van der Waals surface area contributed by atoms with E-state index in [2.05, 4.69) is 0 Å². The number of Topliss-reactive ketones (excluding diaryl/α,β-unsaturated/α-hetero) is 2. The van der Waals surface area contributed by atoms with Crippen LogP contribution in [0.2, 0.25) is 0 Å². The van der Waals surface area contributed by atoms with Crippen molar-refractivity contribution < 1.29 is 38.8 Å². The Balaban J connectivity index is 1.76. The number of ketones is 2. The van der Waals surface area contributed by atoms with Gasteiger partial charge in [0.2, 0.25) is 5.76 Å². The molecule has 0 saturated carbocycles. The van der Waals surface area contributed by atoms with E-state index in [1.807, 2.05) is 0 Å². The second-order valence-electron chi connectivity index (χ2n) is 6.42. The van der Waals surface area contributed by atoms with E-state index in [1.165, 1.54) is 0 Å². The van der Waals surface area contributed by atoms with Gasteiger partial charge in [-0.2, -0.15) is 0 Å². The van der Waals surface area contributed by atoms with Crippen molar-refractivity contribution in [1.29, 1.82) is 0 Å². The van der Waals surface area contributed by atoms with Crippen molar-refractivity contribution in [2.24, 2.45) is 0 Å². The number of benzene rings is 2. The van der Waals surface area contributed by atoms with Crippen LogP contribution in [0, 0.1) is 0 Å². The number of aliphatic hydroxyl groups is 2. The van der Waals surface area contributed by atoms with Crippen molar-refractivity contribution in [3.05, 3.63) is 83.3 Å². The van der Waals surface area contributed by atoms with Crippen LogP contribution in [0.4, 0.5) is 0 Å². The fraction of sp³-hybridized carbons (Fsp3) is 0.227. The van der Waals surface area contributed by atoms with Gasteiger partial charge in [0.05, 0.1) is 6.61 Å². The molecule has 8 heteroatoms. The maximum Gasteiger partial charge on any atom is 0.378 e. The fourth-order valence-electron chi connectivity index (χ4n) is 2.77. The Morgan fingerprint density at radius 3 is 1.90 bits per heavy atom. The molecule has 156 valence electrons. The smallest absolute Gasteiger partial charge is 0.378 e. The average molecular weight is 412 g/mol. The Hall–Kier alpha value is -3.49. The predicted octanol–water partition coefficient (Wildman–Crippen LogP) is 1.28. The number of cyclic esters (lactones) is 1. The summed E-state index contributed by atoms with van der Waals surface area (Å²) in [5, 5.41) is 19.2. The number of rotatable bonds is 10. The zero-order valence-corrected chi connectivity index (χ0v) is 15.9. The third-order valence-electron chi connectivity index (χ3n) is 4.34. The molecule has 2 unspecified atom stereocenters. The second kappa shape index (κ2) is 9.82. The average Bonchev–Trinajstić information content (AvgIpc) is 3.11. The molecule has 2 atom stereocenters. The van der Waals surface area contributed by atoms with Gasteiger partial charge in [0, 0.05) is 11.1 Å². The summed E-state index contributed by atoms with van der Waals surface area (Å²) in [7, 11) is 0. The molecule has 2 aromatic rings. The van der Waals surface area contributed by atoms with Crippen LogP contribution in [-0.4, -0.2) is 59.8 Å². The minimum Gasteiger partial charge on any atom is -0.482 e. The molecule has 1 aliphatic heterocycles. The van der Waals surface area contributed by atoms with E-state index in [9.17, 15) is 24.6 Å². The number of hydrogen-bond donors (Lipinski definition) is 2. The number of aliphatic hydroxyl groups excluding tert-OH is 2. The van der Waals surface area contributed by atoms with Gasteiger partial charge in [0.15, 0.2) is 36.6 Å². The minimum absolute atomic E-state index is 0.244. The molecule has 0 aliphatic carbocycles. The first kappa shape index (κ1) is 21.2. The highest BCUT2D eigenvalue weighted by Gasteiger charge is 2.42. The predicted molar refractivity (Wildman–Crippen MR) is 103 cm³/mol. The summed E-state index contributed by atoms with van der Waals surface area (Å²) in [5.41, 5.74) is 0.780. The van der Waals surface area contributed by atoms with Gasteiger partial charge in [-0.1, -0.05) is 60.7 Å². The van der Waals surface area contributed by atoms with Crippen LogP contribution < -0.4 is 0 Å². The lowest BCUT2D eigenvalue weighted by atomic mass is 10.1. The Morgan fingerprint density at radius 1 is 0.900 bits per heavy atom. The molecule has 0 radical (unpaired) electrons. The number of carbonyl (C=O) groups is 3. The van der Waals surface area contributed by atoms with E-state index < -0.39 is 43.8 Å². The van der Waals surface area contributed by atoms with Crippen molar-refractivity contribution in [2.75, 3.05) is 19.8 Å². The molecule has 0 fully saturated rings. The quantitative estimate of drug-likeness (QED) is 0.442. The number of hydrogen-bond acceptors (Lipinski definition) is 8. The van der Waals surface area contributed by atoms with Crippen LogP contribution in [-0.2, 0) is 19.0 Å². The molecule has 0 spiro atoms. The molecule has 1 aliphatic rings. The van der Waals surface area contributed by atoms with E-state index in [1.54, 1.807) is 60.7 Å². The molecular formula is C22H20O8. The first-order chi connectivity index (χ1) is 14.5. The molecule has 0 bridgehead atoms. The Kier molecular flexibility index (Phi) is 6.95. The molecule has 8 nitrogen and oxygen atoms in total. The molecular weight excluding hydrogens is 392 g/mol.